The molecule has 0 fully saturated rings. The highest BCUT2D eigenvalue weighted by Gasteiger charge is 2.22. The summed E-state index contributed by atoms with van der Waals surface area (Å²) in [6.07, 6.45) is 1.08. The maximum atomic E-state index is 12.4. The molecule has 2 aromatic rings. The summed E-state index contributed by atoms with van der Waals surface area (Å²) in [6, 6.07) is 12.8. The molecule has 0 bridgehead atoms. The van der Waals surface area contributed by atoms with Crippen LogP contribution in [0.3, 0.4) is 0 Å². The highest BCUT2D eigenvalue weighted by atomic mass is 32.2. The van der Waals surface area contributed by atoms with Crippen LogP contribution in [0.5, 0.6) is 11.5 Å². The Labute approximate surface area is 152 Å². The second kappa shape index (κ2) is 7.14. The van der Waals surface area contributed by atoms with E-state index < -0.39 is 20.0 Å². The van der Waals surface area contributed by atoms with Crippen molar-refractivity contribution in [3.05, 3.63) is 48.5 Å². The summed E-state index contributed by atoms with van der Waals surface area (Å²) in [7, 11) is -7.36. The zero-order valence-electron chi connectivity index (χ0n) is 14.0. The quantitative estimate of drug-likeness (QED) is 0.751. The molecule has 2 aromatic carbocycles. The Bertz CT molecular complexity index is 991. The van der Waals surface area contributed by atoms with E-state index in [0.29, 0.717) is 17.2 Å². The predicted molar refractivity (Wildman–Crippen MR) is 96.4 cm³/mol. The molecular weight excluding hydrogens is 380 g/mol. The van der Waals surface area contributed by atoms with E-state index in [1.165, 1.54) is 18.2 Å². The van der Waals surface area contributed by atoms with Gasteiger partial charge in [-0.05, 0) is 24.3 Å². The molecule has 1 N–H and O–H groups in total. The maximum Gasteiger partial charge on any atom is 0.240 e. The van der Waals surface area contributed by atoms with Gasteiger partial charge in [-0.3, -0.25) is 4.31 Å². The average molecular weight is 398 g/mol. The first kappa shape index (κ1) is 18.5. The van der Waals surface area contributed by atoms with Crippen molar-refractivity contribution in [3.8, 4) is 11.5 Å². The number of anilines is 1. The Morgan fingerprint density at radius 1 is 1.00 bits per heavy atom. The van der Waals surface area contributed by atoms with Crippen molar-refractivity contribution < 1.29 is 26.3 Å². The Morgan fingerprint density at radius 2 is 1.69 bits per heavy atom. The van der Waals surface area contributed by atoms with Gasteiger partial charge in [0.15, 0.2) is 11.5 Å². The summed E-state index contributed by atoms with van der Waals surface area (Å²) in [5.41, 5.74) is 0.470. The lowest BCUT2D eigenvalue weighted by atomic mass is 10.3. The van der Waals surface area contributed by atoms with Gasteiger partial charge in [0, 0.05) is 19.2 Å². The number of para-hydroxylation sites is 1. The molecule has 0 radical (unpaired) electrons. The number of benzene rings is 2. The minimum absolute atomic E-state index is 0.0207. The van der Waals surface area contributed by atoms with E-state index in [-0.39, 0.29) is 24.8 Å². The van der Waals surface area contributed by atoms with Gasteiger partial charge >= 0.3 is 0 Å². The SMILES string of the molecule is CS(=O)(=O)N(CCNS(=O)(=O)c1ccc2c(c1)OCO2)c1ccccc1. The summed E-state index contributed by atoms with van der Waals surface area (Å²) in [4.78, 5) is 0.0207. The second-order valence-electron chi connectivity index (χ2n) is 5.58. The van der Waals surface area contributed by atoms with Crippen LogP contribution < -0.4 is 18.5 Å². The molecule has 1 heterocycles. The summed E-state index contributed by atoms with van der Waals surface area (Å²) in [5, 5.41) is 0. The van der Waals surface area contributed by atoms with Crippen LogP contribution in [-0.2, 0) is 20.0 Å². The Balaban J connectivity index is 1.71. The smallest absolute Gasteiger partial charge is 0.240 e. The predicted octanol–water partition coefficient (Wildman–Crippen LogP) is 1.16. The number of rotatable bonds is 7. The number of ether oxygens (including phenoxy) is 2. The fourth-order valence-corrected chi connectivity index (χ4v) is 4.45. The van der Waals surface area contributed by atoms with Crippen LogP contribution >= 0.6 is 0 Å². The van der Waals surface area contributed by atoms with E-state index in [9.17, 15) is 16.8 Å². The molecule has 10 heteroatoms. The first-order chi connectivity index (χ1) is 12.3. The molecule has 8 nitrogen and oxygen atoms in total. The molecule has 0 unspecified atom stereocenters. The Hall–Kier alpha value is -2.30. The minimum Gasteiger partial charge on any atom is -0.454 e. The highest BCUT2D eigenvalue weighted by Crippen LogP contribution is 2.33. The molecular formula is C16H18N2O6S2. The van der Waals surface area contributed by atoms with Gasteiger partial charge in [-0.15, -0.1) is 0 Å². The molecule has 3 rings (SSSR count). The molecule has 0 aliphatic carbocycles. The van der Waals surface area contributed by atoms with Gasteiger partial charge in [-0.1, -0.05) is 18.2 Å². The zero-order valence-corrected chi connectivity index (χ0v) is 15.6. The van der Waals surface area contributed by atoms with Crippen molar-refractivity contribution >= 4 is 25.7 Å². The summed E-state index contributed by atoms with van der Waals surface area (Å²) in [6.45, 7) is -0.0714. The number of fused-ring (bicyclic) bond motifs is 1. The van der Waals surface area contributed by atoms with Crippen molar-refractivity contribution in [3.63, 3.8) is 0 Å². The summed E-state index contributed by atoms with van der Waals surface area (Å²) < 4.78 is 62.7. The lowest BCUT2D eigenvalue weighted by Crippen LogP contribution is -2.38. The zero-order chi connectivity index (χ0) is 18.8. The standard InChI is InChI=1S/C16H18N2O6S2/c1-25(19,20)18(13-5-3-2-4-6-13)10-9-17-26(21,22)14-7-8-15-16(11-14)24-12-23-15/h2-8,11,17H,9-10,12H2,1H3. The van der Waals surface area contributed by atoms with Crippen LogP contribution in [0.15, 0.2) is 53.4 Å². The summed E-state index contributed by atoms with van der Waals surface area (Å²) >= 11 is 0. The number of nitrogens with zero attached hydrogens (tertiary/aromatic N) is 1. The van der Waals surface area contributed by atoms with Crippen molar-refractivity contribution in [2.75, 3.05) is 30.4 Å². The molecule has 140 valence electrons. The molecule has 0 aromatic heterocycles. The fraction of sp³-hybridized carbons (Fsp3) is 0.250. The largest absolute Gasteiger partial charge is 0.454 e. The number of hydrogen-bond donors (Lipinski definition) is 1. The van der Waals surface area contributed by atoms with Gasteiger partial charge < -0.3 is 9.47 Å². The summed E-state index contributed by atoms with van der Waals surface area (Å²) in [5.74, 6) is 0.839. The lowest BCUT2D eigenvalue weighted by Gasteiger charge is -2.22. The molecule has 1 aliphatic rings. The monoisotopic (exact) mass is 398 g/mol. The van der Waals surface area contributed by atoms with Gasteiger partial charge in [-0.25, -0.2) is 21.6 Å². The van der Waals surface area contributed by atoms with E-state index in [1.807, 2.05) is 0 Å². The third-order valence-corrected chi connectivity index (χ3v) is 6.36. The third-order valence-electron chi connectivity index (χ3n) is 3.71. The molecule has 0 spiro atoms. The van der Waals surface area contributed by atoms with Crippen LogP contribution in [0, 0.1) is 0 Å². The molecule has 0 atom stereocenters. The van der Waals surface area contributed by atoms with Crippen molar-refractivity contribution in [1.29, 1.82) is 0 Å². The molecule has 0 saturated heterocycles. The van der Waals surface area contributed by atoms with E-state index in [1.54, 1.807) is 30.3 Å². The van der Waals surface area contributed by atoms with Crippen molar-refractivity contribution in [1.82, 2.24) is 4.72 Å². The van der Waals surface area contributed by atoms with Gasteiger partial charge in [0.25, 0.3) is 0 Å². The molecule has 0 saturated carbocycles. The van der Waals surface area contributed by atoms with Crippen LogP contribution in [0.25, 0.3) is 0 Å². The maximum absolute atomic E-state index is 12.4. The Morgan fingerprint density at radius 3 is 2.38 bits per heavy atom. The van der Waals surface area contributed by atoms with Crippen LogP contribution in [0.2, 0.25) is 0 Å². The Kier molecular flexibility index (Phi) is 5.08. The molecule has 1 aliphatic heterocycles. The average Bonchev–Trinajstić information content (AvgIpc) is 3.06. The first-order valence-corrected chi connectivity index (χ1v) is 11.0. The lowest BCUT2D eigenvalue weighted by molar-refractivity contribution is 0.174. The highest BCUT2D eigenvalue weighted by molar-refractivity contribution is 7.92. The molecule has 26 heavy (non-hydrogen) atoms. The number of sulfonamides is 2. The van der Waals surface area contributed by atoms with E-state index in [4.69, 9.17) is 9.47 Å². The first-order valence-electron chi connectivity index (χ1n) is 7.69. The van der Waals surface area contributed by atoms with Gasteiger partial charge in [0.05, 0.1) is 16.8 Å². The van der Waals surface area contributed by atoms with Crippen molar-refractivity contribution in [2.24, 2.45) is 0 Å². The van der Waals surface area contributed by atoms with Gasteiger partial charge in [0.2, 0.25) is 26.8 Å². The van der Waals surface area contributed by atoms with Crippen LogP contribution in [0.4, 0.5) is 5.69 Å². The second-order valence-corrected chi connectivity index (χ2v) is 9.26. The van der Waals surface area contributed by atoms with E-state index in [2.05, 4.69) is 4.72 Å². The van der Waals surface area contributed by atoms with Crippen molar-refractivity contribution in [2.45, 2.75) is 4.90 Å². The number of nitrogens with one attached hydrogen (secondary N) is 1. The molecule has 0 amide bonds. The van der Waals surface area contributed by atoms with Crippen LogP contribution in [-0.4, -0.2) is 43.0 Å². The third kappa shape index (κ3) is 4.09. The van der Waals surface area contributed by atoms with Gasteiger partial charge in [0.1, 0.15) is 0 Å². The van der Waals surface area contributed by atoms with Crippen LogP contribution in [0.1, 0.15) is 0 Å². The number of hydrogen-bond acceptors (Lipinski definition) is 6. The topological polar surface area (TPSA) is 102 Å². The van der Waals surface area contributed by atoms with E-state index in [0.717, 1.165) is 10.6 Å². The fourth-order valence-electron chi connectivity index (χ4n) is 2.49. The minimum atomic E-state index is -3.81. The van der Waals surface area contributed by atoms with E-state index >= 15 is 0 Å². The normalized spacial score (nSPS) is 13.6. The van der Waals surface area contributed by atoms with Gasteiger partial charge in [-0.2, -0.15) is 0 Å².